The van der Waals surface area contributed by atoms with Gasteiger partial charge in [-0.25, -0.2) is 19.6 Å². The predicted octanol–water partition coefficient (Wildman–Crippen LogP) is 5.37. The van der Waals surface area contributed by atoms with Gasteiger partial charge in [0.2, 0.25) is 5.91 Å². The number of rotatable bonds is 9. The van der Waals surface area contributed by atoms with Gasteiger partial charge in [-0.3, -0.25) is 9.69 Å². The number of ether oxygens (including phenoxy) is 3. The van der Waals surface area contributed by atoms with Gasteiger partial charge in [0.15, 0.2) is 0 Å². The fraction of sp³-hybridized carbons (Fsp3) is 0.436. The van der Waals surface area contributed by atoms with Crippen molar-refractivity contribution in [2.24, 2.45) is 0 Å². The Kier molecular flexibility index (Phi) is 11.1. The number of imidazole rings is 2. The maximum absolute atomic E-state index is 12.9. The molecule has 4 aliphatic heterocycles. The molecule has 4 unspecified atom stereocenters. The van der Waals surface area contributed by atoms with Crippen molar-refractivity contribution in [3.63, 3.8) is 0 Å². The minimum atomic E-state index is -0.617. The number of hydrogen-bond acceptors (Lipinski definition) is 10. The van der Waals surface area contributed by atoms with Gasteiger partial charge < -0.3 is 44.5 Å². The van der Waals surface area contributed by atoms with Crippen molar-refractivity contribution in [2.75, 3.05) is 47.4 Å². The molecule has 15 heteroatoms. The molecule has 4 N–H and O–H groups in total. The number of carbonyl (C=O) groups is 4. The topological polar surface area (TPSA) is 184 Å². The minimum absolute atomic E-state index is 0.00662. The Morgan fingerprint density at radius 3 is 2.07 bits per heavy atom. The molecule has 54 heavy (non-hydrogen) atoms. The van der Waals surface area contributed by atoms with Crippen LogP contribution in [0.4, 0.5) is 9.59 Å². The number of H-pyrrole nitrogens is 2. The van der Waals surface area contributed by atoms with Crippen LogP contribution in [0.5, 0.6) is 0 Å². The van der Waals surface area contributed by atoms with Gasteiger partial charge >= 0.3 is 12.2 Å². The predicted molar refractivity (Wildman–Crippen MR) is 198 cm³/mol. The van der Waals surface area contributed by atoms with Gasteiger partial charge in [-0.1, -0.05) is 36.4 Å². The van der Waals surface area contributed by atoms with Gasteiger partial charge in [0, 0.05) is 12.1 Å². The lowest BCUT2D eigenvalue weighted by Crippen LogP contribution is -2.40. The summed E-state index contributed by atoms with van der Waals surface area (Å²) in [5.74, 6) is 1.66. The second-order valence-electron chi connectivity index (χ2n) is 13.9. The first kappa shape index (κ1) is 36.8. The zero-order valence-corrected chi connectivity index (χ0v) is 30.7. The van der Waals surface area contributed by atoms with Crippen molar-refractivity contribution >= 4 is 24.4 Å². The quantitative estimate of drug-likeness (QED) is 0.163. The maximum Gasteiger partial charge on any atom is 0.407 e. The third kappa shape index (κ3) is 7.46. The van der Waals surface area contributed by atoms with E-state index in [2.05, 4.69) is 78.4 Å². The Bertz CT molecular complexity index is 1990. The highest BCUT2D eigenvalue weighted by Gasteiger charge is 2.42. The van der Waals surface area contributed by atoms with Crippen molar-refractivity contribution in [2.45, 2.75) is 62.8 Å². The van der Waals surface area contributed by atoms with Gasteiger partial charge in [-0.2, -0.15) is 0 Å². The van der Waals surface area contributed by atoms with Gasteiger partial charge in [-0.15, -0.1) is 0 Å². The number of carbonyl (C=O) groups excluding carboxylic acids is 4. The summed E-state index contributed by atoms with van der Waals surface area (Å²) in [5, 5.41) is 4.65. The number of aldehydes is 1. The maximum atomic E-state index is 12.9. The number of methoxy groups -OCH3 is 2. The van der Waals surface area contributed by atoms with Crippen LogP contribution in [0.1, 0.15) is 85.6 Å². The second-order valence-corrected chi connectivity index (χ2v) is 13.9. The number of amides is 3. The lowest BCUT2D eigenvalue weighted by molar-refractivity contribution is -0.131. The molecule has 0 saturated carbocycles. The van der Waals surface area contributed by atoms with E-state index in [0.29, 0.717) is 18.9 Å². The fourth-order valence-electron chi connectivity index (χ4n) is 8.13. The summed E-state index contributed by atoms with van der Waals surface area (Å²) in [6.45, 7) is 1.65. The number of hydrogen-bond donors (Lipinski definition) is 4. The van der Waals surface area contributed by atoms with Crippen LogP contribution >= 0.6 is 0 Å². The summed E-state index contributed by atoms with van der Waals surface area (Å²) >= 11 is 0. The molecule has 0 aliphatic carbocycles. The lowest BCUT2D eigenvalue weighted by Gasteiger charge is -2.23. The number of nitrogens with zero attached hydrogens (tertiary/aromatic N) is 4. The van der Waals surface area contributed by atoms with Crippen LogP contribution in [0.15, 0.2) is 48.8 Å². The van der Waals surface area contributed by atoms with Crippen molar-refractivity contribution in [3.8, 4) is 33.6 Å². The highest BCUT2D eigenvalue weighted by molar-refractivity contribution is 5.83. The van der Waals surface area contributed by atoms with Gasteiger partial charge in [0.05, 0.1) is 68.8 Å². The van der Waals surface area contributed by atoms with E-state index in [-0.39, 0.29) is 37.2 Å². The Labute approximate surface area is 313 Å². The standard InChI is InChI=1S/C35H39N7O4.C4H7NO3/c1-41-15-3-5-26(41)33-36-17-24(39-33)21-9-7-20(8-10-21)22-11-12-23(32-29-14-13-28(46-29)31(22)32)25-18-37-34(40-25)27-6-4-16-42(27)30(43)19-38-35(44)45-2;1-8-4(7)5-2-3-6/h7-12,17-18,26-29H,3-6,13-16,19H2,1-2H3,(H,36,39)(H,37,40)(H,38,44);3H,2H2,1H3,(H,5,7). The van der Waals surface area contributed by atoms with E-state index in [0.717, 1.165) is 72.8 Å². The summed E-state index contributed by atoms with van der Waals surface area (Å²) in [6.07, 6.45) is 9.42. The molecule has 4 aliphatic rings. The van der Waals surface area contributed by atoms with Gasteiger partial charge in [0.25, 0.3) is 0 Å². The van der Waals surface area contributed by atoms with E-state index in [4.69, 9.17) is 14.7 Å². The summed E-state index contributed by atoms with van der Waals surface area (Å²) in [6, 6.07) is 13.4. The molecule has 8 rings (SSSR count). The van der Waals surface area contributed by atoms with Gasteiger partial charge in [0.1, 0.15) is 24.5 Å². The van der Waals surface area contributed by atoms with E-state index in [1.807, 2.05) is 12.4 Å². The number of fused-ring (bicyclic) bond motifs is 5. The molecular formula is C39H46N8O7. The highest BCUT2D eigenvalue weighted by Crippen LogP contribution is 2.56. The van der Waals surface area contributed by atoms with Crippen molar-refractivity contribution in [1.82, 2.24) is 40.4 Å². The monoisotopic (exact) mass is 738 g/mol. The van der Waals surface area contributed by atoms with Crippen LogP contribution in [-0.4, -0.2) is 102 Å². The molecule has 3 fully saturated rings. The number of benzene rings is 2. The molecule has 2 aromatic heterocycles. The first-order valence-electron chi connectivity index (χ1n) is 18.4. The Morgan fingerprint density at radius 2 is 1.39 bits per heavy atom. The van der Waals surface area contributed by atoms with E-state index >= 15 is 0 Å². The summed E-state index contributed by atoms with van der Waals surface area (Å²) in [4.78, 5) is 64.8. The summed E-state index contributed by atoms with van der Waals surface area (Å²) in [7, 11) is 4.69. The van der Waals surface area contributed by atoms with Crippen LogP contribution in [0, 0.1) is 0 Å². The van der Waals surface area contributed by atoms with E-state index in [9.17, 15) is 19.2 Å². The number of likely N-dealkylation sites (tertiary alicyclic amines) is 2. The Morgan fingerprint density at radius 1 is 0.796 bits per heavy atom. The molecule has 3 amide bonds. The molecule has 284 valence electrons. The van der Waals surface area contributed by atoms with Gasteiger partial charge in [-0.05, 0) is 79.9 Å². The average molecular weight is 739 g/mol. The van der Waals surface area contributed by atoms with Crippen LogP contribution in [0.25, 0.3) is 33.6 Å². The van der Waals surface area contributed by atoms with Crippen LogP contribution in [-0.2, 0) is 23.8 Å². The zero-order chi connectivity index (χ0) is 37.8. The first-order valence-corrected chi connectivity index (χ1v) is 18.4. The SMILES string of the molecule is COC(=O)NCC(=O)N1CCCC1c1ncc(-c2ccc(-c3ccc(-c4cnc(C5CCCN5C)[nH]4)cc3)c3c2C2CCC3O2)[nH]1.COC(=O)NCC=O. The molecule has 4 aromatic rings. The fourth-order valence-corrected chi connectivity index (χ4v) is 8.13. The lowest BCUT2D eigenvalue weighted by atomic mass is 9.82. The molecule has 0 radical (unpaired) electrons. The van der Waals surface area contributed by atoms with E-state index in [1.165, 1.54) is 42.9 Å². The third-order valence-corrected chi connectivity index (χ3v) is 10.7. The summed E-state index contributed by atoms with van der Waals surface area (Å²) < 4.78 is 15.2. The molecule has 15 nitrogen and oxygen atoms in total. The number of aromatic amines is 2. The Hall–Kier alpha value is -5.54. The van der Waals surface area contributed by atoms with Crippen molar-refractivity contribution in [3.05, 3.63) is 71.6 Å². The van der Waals surface area contributed by atoms with E-state index < -0.39 is 12.2 Å². The molecule has 0 spiro atoms. The highest BCUT2D eigenvalue weighted by atomic mass is 16.5. The number of alkyl carbamates (subject to hydrolysis) is 2. The Balaban J connectivity index is 0.000000508. The number of aromatic nitrogens is 4. The molecule has 4 atom stereocenters. The molecule has 3 saturated heterocycles. The van der Waals surface area contributed by atoms with Crippen molar-refractivity contribution < 1.29 is 33.4 Å². The smallest absolute Gasteiger partial charge is 0.407 e. The third-order valence-electron chi connectivity index (χ3n) is 10.7. The van der Waals surface area contributed by atoms with Crippen LogP contribution in [0.2, 0.25) is 0 Å². The largest absolute Gasteiger partial charge is 0.453 e. The molecule has 6 heterocycles. The minimum Gasteiger partial charge on any atom is -0.453 e. The second kappa shape index (κ2) is 16.2. The zero-order valence-electron chi connectivity index (χ0n) is 30.7. The molecule has 2 aromatic carbocycles. The van der Waals surface area contributed by atoms with Crippen LogP contribution < -0.4 is 10.6 Å². The van der Waals surface area contributed by atoms with Crippen LogP contribution in [0.3, 0.4) is 0 Å². The van der Waals surface area contributed by atoms with Crippen molar-refractivity contribution in [1.29, 1.82) is 0 Å². The normalized spacial score (nSPS) is 21.3. The van der Waals surface area contributed by atoms with E-state index in [1.54, 1.807) is 4.90 Å². The average Bonchev–Trinajstić information content (AvgIpc) is 4.06. The molecule has 2 bridgehead atoms. The summed E-state index contributed by atoms with van der Waals surface area (Å²) in [5.41, 5.74) is 9.10. The molecular weight excluding hydrogens is 692 g/mol. The first-order chi connectivity index (χ1) is 26.3. The number of nitrogens with one attached hydrogen (secondary N) is 4.